The van der Waals surface area contributed by atoms with E-state index >= 15 is 0 Å². The summed E-state index contributed by atoms with van der Waals surface area (Å²) in [5.41, 5.74) is 2.07. The molecule has 4 nitrogen and oxygen atoms in total. The van der Waals surface area contributed by atoms with Crippen molar-refractivity contribution >= 4 is 0 Å². The van der Waals surface area contributed by atoms with E-state index in [1.165, 1.54) is 6.07 Å². The Hall–Kier alpha value is -1.75. The predicted molar refractivity (Wildman–Crippen MR) is 77.0 cm³/mol. The second-order valence-electron chi connectivity index (χ2n) is 4.81. The van der Waals surface area contributed by atoms with Crippen LogP contribution in [0.2, 0.25) is 0 Å². The molecule has 1 aromatic heterocycles. The molecular formula is C15H21FN4. The molecule has 0 bridgehead atoms. The van der Waals surface area contributed by atoms with Crippen LogP contribution in [0.15, 0.2) is 24.5 Å². The van der Waals surface area contributed by atoms with E-state index in [0.717, 1.165) is 36.5 Å². The second kappa shape index (κ2) is 6.61. The van der Waals surface area contributed by atoms with Crippen LogP contribution in [0.25, 0.3) is 0 Å². The van der Waals surface area contributed by atoms with Crippen LogP contribution < -0.4 is 5.32 Å². The van der Waals surface area contributed by atoms with Gasteiger partial charge in [0.1, 0.15) is 18.0 Å². The van der Waals surface area contributed by atoms with Crippen LogP contribution in [0.3, 0.4) is 0 Å². The maximum atomic E-state index is 13.2. The summed E-state index contributed by atoms with van der Waals surface area (Å²) in [6.07, 6.45) is 2.33. The summed E-state index contributed by atoms with van der Waals surface area (Å²) < 4.78 is 15.1. The van der Waals surface area contributed by atoms with Gasteiger partial charge in [-0.2, -0.15) is 5.10 Å². The highest BCUT2D eigenvalue weighted by Crippen LogP contribution is 2.22. The van der Waals surface area contributed by atoms with Crippen molar-refractivity contribution in [3.05, 3.63) is 47.3 Å². The largest absolute Gasteiger partial charge is 0.310 e. The van der Waals surface area contributed by atoms with Gasteiger partial charge in [0, 0.05) is 19.0 Å². The third-order valence-electron chi connectivity index (χ3n) is 3.44. The van der Waals surface area contributed by atoms with Crippen LogP contribution in [-0.4, -0.2) is 21.3 Å². The number of aromatic nitrogens is 3. The fourth-order valence-electron chi connectivity index (χ4n) is 2.46. The number of halogens is 1. The lowest BCUT2D eigenvalue weighted by Gasteiger charge is -2.20. The topological polar surface area (TPSA) is 42.7 Å². The summed E-state index contributed by atoms with van der Waals surface area (Å²) >= 11 is 0. The number of nitrogens with one attached hydrogen (secondary N) is 1. The molecule has 1 unspecified atom stereocenters. The average molecular weight is 276 g/mol. The van der Waals surface area contributed by atoms with Crippen LogP contribution in [-0.2, 0) is 13.0 Å². The minimum Gasteiger partial charge on any atom is -0.310 e. The lowest BCUT2D eigenvalue weighted by molar-refractivity contribution is 0.506. The molecule has 0 saturated carbocycles. The van der Waals surface area contributed by atoms with Gasteiger partial charge in [-0.1, -0.05) is 13.0 Å². The Bertz CT molecular complexity index is 565. The summed E-state index contributed by atoms with van der Waals surface area (Å²) in [5.74, 6) is 0.750. The van der Waals surface area contributed by atoms with Gasteiger partial charge in [-0.25, -0.2) is 9.37 Å². The molecule has 1 aromatic carbocycles. The molecule has 0 aliphatic carbocycles. The number of nitrogens with zero attached hydrogens (tertiary/aromatic N) is 3. The number of benzene rings is 1. The summed E-state index contributed by atoms with van der Waals surface area (Å²) in [6.45, 7) is 7.70. The Morgan fingerprint density at radius 3 is 2.80 bits per heavy atom. The summed E-state index contributed by atoms with van der Waals surface area (Å²) in [7, 11) is 0. The van der Waals surface area contributed by atoms with Crippen molar-refractivity contribution in [1.82, 2.24) is 20.1 Å². The normalized spacial score (nSPS) is 12.6. The van der Waals surface area contributed by atoms with E-state index in [1.807, 2.05) is 24.6 Å². The maximum Gasteiger partial charge on any atom is 0.138 e. The van der Waals surface area contributed by atoms with Crippen molar-refractivity contribution in [3.8, 4) is 0 Å². The number of hydrogen-bond donors (Lipinski definition) is 1. The standard InChI is InChI=1S/C15H21FN4/c1-4-17-14(9-15-18-10-19-20(15)5-2)13-7-6-12(16)8-11(13)3/h6-8,10,14,17H,4-5,9H2,1-3H3. The molecule has 108 valence electrons. The van der Waals surface area contributed by atoms with Crippen molar-refractivity contribution in [2.24, 2.45) is 0 Å². The minimum atomic E-state index is -0.196. The average Bonchev–Trinajstić information content (AvgIpc) is 2.85. The monoisotopic (exact) mass is 276 g/mol. The van der Waals surface area contributed by atoms with Crippen LogP contribution >= 0.6 is 0 Å². The zero-order chi connectivity index (χ0) is 14.5. The first-order chi connectivity index (χ1) is 9.65. The Kier molecular flexibility index (Phi) is 4.84. The molecule has 1 atom stereocenters. The number of aryl methyl sites for hydroxylation is 2. The SMILES string of the molecule is CCNC(Cc1ncnn1CC)c1ccc(F)cc1C. The number of rotatable bonds is 6. The van der Waals surface area contributed by atoms with Crippen molar-refractivity contribution in [2.75, 3.05) is 6.54 Å². The zero-order valence-electron chi connectivity index (χ0n) is 12.2. The van der Waals surface area contributed by atoms with Gasteiger partial charge in [-0.3, -0.25) is 4.68 Å². The molecule has 5 heteroatoms. The van der Waals surface area contributed by atoms with Crippen LogP contribution in [0, 0.1) is 12.7 Å². The third kappa shape index (κ3) is 3.22. The molecule has 0 aliphatic rings. The molecule has 0 amide bonds. The Balaban J connectivity index is 2.27. The molecule has 0 saturated heterocycles. The molecule has 1 N–H and O–H groups in total. The smallest absolute Gasteiger partial charge is 0.138 e. The van der Waals surface area contributed by atoms with Crippen molar-refractivity contribution in [2.45, 2.75) is 39.8 Å². The van der Waals surface area contributed by atoms with Gasteiger partial charge in [-0.05, 0) is 43.7 Å². The summed E-state index contributed by atoms with van der Waals surface area (Å²) in [5, 5.41) is 7.64. The molecule has 20 heavy (non-hydrogen) atoms. The van der Waals surface area contributed by atoms with Gasteiger partial charge in [-0.15, -0.1) is 0 Å². The fraction of sp³-hybridized carbons (Fsp3) is 0.467. The van der Waals surface area contributed by atoms with E-state index < -0.39 is 0 Å². The van der Waals surface area contributed by atoms with Gasteiger partial charge in [0.15, 0.2) is 0 Å². The molecule has 0 spiro atoms. The van der Waals surface area contributed by atoms with Gasteiger partial charge in [0.25, 0.3) is 0 Å². The van der Waals surface area contributed by atoms with E-state index in [9.17, 15) is 4.39 Å². The van der Waals surface area contributed by atoms with Gasteiger partial charge in [0.2, 0.25) is 0 Å². The zero-order valence-corrected chi connectivity index (χ0v) is 12.2. The van der Waals surface area contributed by atoms with Gasteiger partial charge >= 0.3 is 0 Å². The highest BCUT2D eigenvalue weighted by Gasteiger charge is 2.16. The highest BCUT2D eigenvalue weighted by molar-refractivity contribution is 5.30. The van der Waals surface area contributed by atoms with Crippen LogP contribution in [0.5, 0.6) is 0 Å². The second-order valence-corrected chi connectivity index (χ2v) is 4.81. The molecule has 0 fully saturated rings. The predicted octanol–water partition coefficient (Wildman–Crippen LogP) is 2.64. The quantitative estimate of drug-likeness (QED) is 0.882. The lowest BCUT2D eigenvalue weighted by atomic mass is 9.98. The first kappa shape index (κ1) is 14.7. The first-order valence-electron chi connectivity index (χ1n) is 7.01. The first-order valence-corrected chi connectivity index (χ1v) is 7.01. The molecule has 1 heterocycles. The molecule has 2 rings (SSSR count). The number of likely N-dealkylation sites (N-methyl/N-ethyl adjacent to an activating group) is 1. The van der Waals surface area contributed by atoms with Crippen molar-refractivity contribution in [3.63, 3.8) is 0 Å². The summed E-state index contributed by atoms with van der Waals surface area (Å²) in [4.78, 5) is 4.32. The Morgan fingerprint density at radius 1 is 1.35 bits per heavy atom. The fourth-order valence-corrected chi connectivity index (χ4v) is 2.46. The van der Waals surface area contributed by atoms with Gasteiger partial charge < -0.3 is 5.32 Å². The Labute approximate surface area is 119 Å². The lowest BCUT2D eigenvalue weighted by Crippen LogP contribution is -2.25. The van der Waals surface area contributed by atoms with E-state index in [4.69, 9.17) is 0 Å². The van der Waals surface area contributed by atoms with E-state index in [-0.39, 0.29) is 11.9 Å². The Morgan fingerprint density at radius 2 is 2.15 bits per heavy atom. The van der Waals surface area contributed by atoms with Crippen LogP contribution in [0.1, 0.15) is 36.8 Å². The van der Waals surface area contributed by atoms with E-state index in [1.54, 1.807) is 12.4 Å². The number of hydrogen-bond acceptors (Lipinski definition) is 3. The molecule has 0 aliphatic heterocycles. The maximum absolute atomic E-state index is 13.2. The van der Waals surface area contributed by atoms with E-state index in [2.05, 4.69) is 22.3 Å². The highest BCUT2D eigenvalue weighted by atomic mass is 19.1. The molecule has 2 aromatic rings. The van der Waals surface area contributed by atoms with Crippen LogP contribution in [0.4, 0.5) is 4.39 Å². The van der Waals surface area contributed by atoms with Gasteiger partial charge in [0.05, 0.1) is 0 Å². The molecule has 0 radical (unpaired) electrons. The summed E-state index contributed by atoms with van der Waals surface area (Å²) in [6, 6.07) is 5.06. The van der Waals surface area contributed by atoms with E-state index in [0.29, 0.717) is 0 Å². The van der Waals surface area contributed by atoms with Crippen molar-refractivity contribution in [1.29, 1.82) is 0 Å². The van der Waals surface area contributed by atoms with Crippen molar-refractivity contribution < 1.29 is 4.39 Å². The third-order valence-corrected chi connectivity index (χ3v) is 3.44. The minimum absolute atomic E-state index is 0.120. The molecular weight excluding hydrogens is 255 g/mol.